The van der Waals surface area contributed by atoms with Crippen molar-refractivity contribution in [2.24, 2.45) is 0 Å². The highest BCUT2D eigenvalue weighted by Crippen LogP contribution is 2.40. The van der Waals surface area contributed by atoms with Crippen molar-refractivity contribution in [3.8, 4) is 22.3 Å². The van der Waals surface area contributed by atoms with Crippen molar-refractivity contribution in [3.05, 3.63) is 117 Å². The van der Waals surface area contributed by atoms with E-state index >= 15 is 0 Å². The molecule has 53 heavy (non-hydrogen) atoms. The number of hydrogen-bond donors (Lipinski definition) is 2. The van der Waals surface area contributed by atoms with E-state index in [9.17, 15) is 0 Å². The Morgan fingerprint density at radius 2 is 0.717 bits per heavy atom. The Kier molecular flexibility index (Phi) is 8.64. The lowest BCUT2D eigenvalue weighted by molar-refractivity contribution is 0.568. The average Bonchev–Trinajstić information content (AvgIpc) is 3.88. The fourth-order valence-electron chi connectivity index (χ4n) is 7.16. The summed E-state index contributed by atoms with van der Waals surface area (Å²) in [6.45, 7) is 29.7. The van der Waals surface area contributed by atoms with Crippen molar-refractivity contribution in [1.82, 2.24) is 19.9 Å². The monoisotopic (exact) mass is 700 g/mol. The van der Waals surface area contributed by atoms with Crippen LogP contribution in [-0.4, -0.2) is 19.9 Å². The zero-order chi connectivity index (χ0) is 38.2. The molecule has 0 saturated heterocycles. The number of H-pyrrole nitrogens is 2. The van der Waals surface area contributed by atoms with Gasteiger partial charge in [-0.3, -0.25) is 0 Å². The molecule has 2 aromatic carbocycles. The van der Waals surface area contributed by atoms with Crippen LogP contribution in [0.25, 0.3) is 68.6 Å². The number of aromatic amines is 2. The van der Waals surface area contributed by atoms with Crippen LogP contribution < -0.4 is 0 Å². The summed E-state index contributed by atoms with van der Waals surface area (Å²) in [5.74, 6) is 0. The number of nitrogens with one attached hydrogen (secondary N) is 2. The first-order valence-electron chi connectivity index (χ1n) is 19.1. The Hall–Kier alpha value is -4.96. The van der Waals surface area contributed by atoms with E-state index in [1.54, 1.807) is 0 Å². The molecule has 4 heteroatoms. The standard InChI is InChI=1S/C49H56N4/c1-29-38-18-20-42(52-38)44(30-22-32(46(2,3)4)26-33(23-30)47(5,6)7)40-16-14-36(50-40)28-37-15-17-41(51-37)45(43-21-19-39(29)53-43)31-24-34(48(8,9)10)27-35(25-31)49(11,12)13/h14-28,50-51H,1-13H3. The summed E-state index contributed by atoms with van der Waals surface area (Å²) in [6, 6.07) is 25.1. The number of rotatable bonds is 2. The van der Waals surface area contributed by atoms with Crippen LogP contribution in [0, 0.1) is 6.92 Å². The van der Waals surface area contributed by atoms with E-state index < -0.39 is 0 Å². The third kappa shape index (κ3) is 7.21. The fraction of sp³-hybridized carbons (Fsp3) is 0.347. The van der Waals surface area contributed by atoms with Crippen molar-refractivity contribution >= 4 is 46.4 Å². The van der Waals surface area contributed by atoms with Crippen LogP contribution in [-0.2, 0) is 21.7 Å². The minimum Gasteiger partial charge on any atom is -0.355 e. The van der Waals surface area contributed by atoms with E-state index in [4.69, 9.17) is 9.97 Å². The zero-order valence-corrected chi connectivity index (χ0v) is 34.1. The first-order chi connectivity index (χ1) is 24.6. The molecule has 0 amide bonds. The van der Waals surface area contributed by atoms with Gasteiger partial charge in [-0.2, -0.15) is 0 Å². The quantitative estimate of drug-likeness (QED) is 0.189. The largest absolute Gasteiger partial charge is 0.355 e. The van der Waals surface area contributed by atoms with Crippen LogP contribution in [0.2, 0.25) is 0 Å². The molecule has 7 rings (SSSR count). The van der Waals surface area contributed by atoms with Gasteiger partial charge >= 0.3 is 0 Å². The Bertz CT molecular complexity index is 2250. The van der Waals surface area contributed by atoms with Gasteiger partial charge in [0.25, 0.3) is 0 Å². The lowest BCUT2D eigenvalue weighted by atomic mass is 9.78. The molecule has 8 bridgehead atoms. The predicted octanol–water partition coefficient (Wildman–Crippen LogP) is 13.5. The maximum atomic E-state index is 5.34. The van der Waals surface area contributed by atoms with E-state index in [2.05, 4.69) is 191 Å². The number of nitrogens with zero attached hydrogens (tertiary/aromatic N) is 2. The molecule has 5 heterocycles. The summed E-state index contributed by atoms with van der Waals surface area (Å²) in [6.07, 6.45) is 8.63. The van der Waals surface area contributed by atoms with Crippen LogP contribution in [0.15, 0.2) is 66.7 Å². The molecule has 0 aliphatic carbocycles. The number of fused-ring (bicyclic) bond motifs is 8. The maximum Gasteiger partial charge on any atom is 0.0737 e. The van der Waals surface area contributed by atoms with E-state index in [1.807, 2.05) is 0 Å². The van der Waals surface area contributed by atoms with Crippen molar-refractivity contribution in [2.75, 3.05) is 0 Å². The molecular weight excluding hydrogens is 645 g/mol. The molecule has 0 atom stereocenters. The zero-order valence-electron chi connectivity index (χ0n) is 34.1. The Morgan fingerprint density at radius 1 is 0.396 bits per heavy atom. The summed E-state index contributed by atoms with van der Waals surface area (Å²) in [5.41, 5.74) is 18.7. The molecule has 272 valence electrons. The molecule has 0 radical (unpaired) electrons. The number of benzene rings is 2. The van der Waals surface area contributed by atoms with Crippen molar-refractivity contribution in [2.45, 2.75) is 112 Å². The molecule has 3 aromatic heterocycles. The lowest BCUT2D eigenvalue weighted by Crippen LogP contribution is -2.16. The van der Waals surface area contributed by atoms with Crippen LogP contribution in [0.5, 0.6) is 0 Å². The third-order valence-corrected chi connectivity index (χ3v) is 10.7. The maximum absolute atomic E-state index is 5.34. The summed E-state index contributed by atoms with van der Waals surface area (Å²) >= 11 is 0. The first-order valence-corrected chi connectivity index (χ1v) is 19.1. The Balaban J connectivity index is 1.57. The van der Waals surface area contributed by atoms with Gasteiger partial charge in [0.2, 0.25) is 0 Å². The third-order valence-electron chi connectivity index (χ3n) is 10.7. The SMILES string of the molecule is Cc1c2nc(c(-c3cc(C(C)(C)C)cc(C(C)(C)C)c3)c3ccc(cc4ccc([nH]4)c(-c4cc(C(C)(C)C)cc(C(C)(C)C)c4)c4nc1C=C4)[nH]3)C=C2. The van der Waals surface area contributed by atoms with Gasteiger partial charge in [-0.05, 0) is 117 Å². The van der Waals surface area contributed by atoms with Gasteiger partial charge in [-0.25, -0.2) is 9.97 Å². The van der Waals surface area contributed by atoms with Crippen LogP contribution in [0.4, 0.5) is 0 Å². The molecule has 2 aliphatic heterocycles. The lowest BCUT2D eigenvalue weighted by Gasteiger charge is -2.26. The molecular formula is C49H56N4. The molecule has 4 nitrogen and oxygen atoms in total. The second-order valence-electron chi connectivity index (χ2n) is 19.2. The van der Waals surface area contributed by atoms with Gasteiger partial charge in [0.05, 0.1) is 22.8 Å². The van der Waals surface area contributed by atoms with E-state index in [0.29, 0.717) is 0 Å². The minimum absolute atomic E-state index is 0.0107. The molecule has 0 spiro atoms. The second-order valence-corrected chi connectivity index (χ2v) is 19.2. The van der Waals surface area contributed by atoms with E-state index in [1.165, 1.54) is 33.4 Å². The Labute approximate surface area is 316 Å². The highest BCUT2D eigenvalue weighted by Gasteiger charge is 2.25. The first kappa shape index (κ1) is 36.4. The van der Waals surface area contributed by atoms with Gasteiger partial charge in [0.15, 0.2) is 0 Å². The van der Waals surface area contributed by atoms with Gasteiger partial charge in [0, 0.05) is 38.8 Å². The van der Waals surface area contributed by atoms with E-state index in [-0.39, 0.29) is 21.7 Å². The fourth-order valence-corrected chi connectivity index (χ4v) is 7.16. The normalized spacial score (nSPS) is 13.6. The molecule has 0 unspecified atom stereocenters. The highest BCUT2D eigenvalue weighted by molar-refractivity contribution is 5.94. The molecule has 2 aliphatic rings. The van der Waals surface area contributed by atoms with Gasteiger partial charge in [-0.1, -0.05) is 119 Å². The Morgan fingerprint density at radius 3 is 1.04 bits per heavy atom. The summed E-state index contributed by atoms with van der Waals surface area (Å²) in [7, 11) is 0. The van der Waals surface area contributed by atoms with Crippen molar-refractivity contribution < 1.29 is 0 Å². The van der Waals surface area contributed by atoms with Gasteiger partial charge in [0.1, 0.15) is 0 Å². The average molecular weight is 701 g/mol. The molecule has 0 saturated carbocycles. The molecule has 0 fully saturated rings. The second kappa shape index (κ2) is 12.6. The minimum atomic E-state index is -0.0107. The van der Waals surface area contributed by atoms with Crippen LogP contribution >= 0.6 is 0 Å². The summed E-state index contributed by atoms with van der Waals surface area (Å²) < 4.78 is 0. The predicted molar refractivity (Wildman–Crippen MR) is 229 cm³/mol. The highest BCUT2D eigenvalue weighted by atomic mass is 14.8. The number of aromatic nitrogens is 4. The summed E-state index contributed by atoms with van der Waals surface area (Å²) in [4.78, 5) is 18.2. The van der Waals surface area contributed by atoms with Crippen LogP contribution in [0.1, 0.15) is 134 Å². The summed E-state index contributed by atoms with van der Waals surface area (Å²) in [5, 5.41) is 0. The number of hydrogen-bond acceptors (Lipinski definition) is 2. The van der Waals surface area contributed by atoms with Gasteiger partial charge < -0.3 is 9.97 Å². The smallest absolute Gasteiger partial charge is 0.0737 e. The molecule has 2 N–H and O–H groups in total. The van der Waals surface area contributed by atoms with Crippen molar-refractivity contribution in [3.63, 3.8) is 0 Å². The van der Waals surface area contributed by atoms with E-state index in [0.717, 1.165) is 61.5 Å². The van der Waals surface area contributed by atoms with Gasteiger partial charge in [-0.15, -0.1) is 0 Å². The molecule has 5 aromatic rings. The van der Waals surface area contributed by atoms with Crippen LogP contribution in [0.3, 0.4) is 0 Å². The topological polar surface area (TPSA) is 57.4 Å². The van der Waals surface area contributed by atoms with Crippen molar-refractivity contribution in [1.29, 1.82) is 0 Å².